The normalized spacial score (nSPS) is 18.6. The van der Waals surface area contributed by atoms with Gasteiger partial charge in [-0.3, -0.25) is 9.59 Å². The zero-order valence-electron chi connectivity index (χ0n) is 11.7. The molecular formula is C14H6BrClN6O2. The highest BCUT2D eigenvalue weighted by Crippen LogP contribution is 2.26. The molecule has 0 saturated heterocycles. The standard InChI is InChI=1S/C14H6BrClN6O2/c15-5-1-7-9(13(23)19-11(7)17-3-5)21-22-10-8-2-6(16)4-18-12(8)20-14(10)24/h1-4H,(H,17,19,21,23)(H,18,20,22,24). The minimum absolute atomic E-state index is 0.0386. The lowest BCUT2D eigenvalue weighted by Crippen LogP contribution is -2.16. The third-order valence-corrected chi connectivity index (χ3v) is 4.00. The SMILES string of the molecule is O=C1Nc2ncc(Cl)cc2/C1=N/N=C1\C(=O)Nc2ncc(Br)cc21. The van der Waals surface area contributed by atoms with Crippen LogP contribution in [0.25, 0.3) is 0 Å². The fourth-order valence-electron chi connectivity index (χ4n) is 2.32. The lowest BCUT2D eigenvalue weighted by atomic mass is 10.2. The topological polar surface area (TPSA) is 109 Å². The number of amides is 2. The first-order valence-electron chi connectivity index (χ1n) is 6.63. The van der Waals surface area contributed by atoms with Gasteiger partial charge in [-0.1, -0.05) is 11.6 Å². The van der Waals surface area contributed by atoms with Crippen LogP contribution in [0.5, 0.6) is 0 Å². The van der Waals surface area contributed by atoms with E-state index in [1.165, 1.54) is 6.20 Å². The van der Waals surface area contributed by atoms with Crippen LogP contribution in [0.2, 0.25) is 5.02 Å². The molecule has 4 rings (SSSR count). The molecule has 2 aromatic rings. The van der Waals surface area contributed by atoms with Crippen LogP contribution < -0.4 is 10.6 Å². The quantitative estimate of drug-likeness (QED) is 0.707. The van der Waals surface area contributed by atoms with Gasteiger partial charge in [-0.25, -0.2) is 9.97 Å². The molecule has 2 amide bonds. The third-order valence-electron chi connectivity index (χ3n) is 3.36. The van der Waals surface area contributed by atoms with Gasteiger partial charge in [0.05, 0.1) is 16.1 Å². The van der Waals surface area contributed by atoms with Crippen LogP contribution in [0, 0.1) is 0 Å². The van der Waals surface area contributed by atoms with Gasteiger partial charge in [0, 0.05) is 16.9 Å². The van der Waals surface area contributed by atoms with Gasteiger partial charge in [-0.2, -0.15) is 0 Å². The average molecular weight is 406 g/mol. The Balaban J connectivity index is 1.80. The highest BCUT2D eigenvalue weighted by Gasteiger charge is 2.30. The number of nitrogens with zero attached hydrogens (tertiary/aromatic N) is 4. The van der Waals surface area contributed by atoms with Crippen LogP contribution in [0.15, 0.2) is 39.2 Å². The lowest BCUT2D eigenvalue weighted by Gasteiger charge is -1.97. The maximum Gasteiger partial charge on any atom is 0.278 e. The van der Waals surface area contributed by atoms with Gasteiger partial charge in [-0.15, -0.1) is 10.2 Å². The molecule has 0 fully saturated rings. The zero-order chi connectivity index (χ0) is 16.8. The number of fused-ring (bicyclic) bond motifs is 2. The molecule has 4 heterocycles. The molecule has 0 spiro atoms. The van der Waals surface area contributed by atoms with Crippen molar-refractivity contribution < 1.29 is 9.59 Å². The van der Waals surface area contributed by atoms with E-state index in [0.717, 1.165) is 0 Å². The van der Waals surface area contributed by atoms with Crippen molar-refractivity contribution in [1.29, 1.82) is 0 Å². The smallest absolute Gasteiger partial charge is 0.278 e. The first-order valence-corrected chi connectivity index (χ1v) is 7.80. The molecule has 8 nitrogen and oxygen atoms in total. The number of aromatic nitrogens is 2. The molecule has 2 aliphatic rings. The molecule has 0 aliphatic carbocycles. The molecule has 0 atom stereocenters. The lowest BCUT2D eigenvalue weighted by molar-refractivity contribution is -0.111. The number of anilines is 2. The highest BCUT2D eigenvalue weighted by atomic mass is 79.9. The van der Waals surface area contributed by atoms with Gasteiger partial charge in [0.1, 0.15) is 11.6 Å². The predicted octanol–water partition coefficient (Wildman–Crippen LogP) is 1.99. The van der Waals surface area contributed by atoms with E-state index in [1.54, 1.807) is 18.3 Å². The van der Waals surface area contributed by atoms with E-state index >= 15 is 0 Å². The van der Waals surface area contributed by atoms with Gasteiger partial charge in [0.2, 0.25) is 0 Å². The Morgan fingerprint density at radius 1 is 0.917 bits per heavy atom. The first kappa shape index (κ1) is 14.9. The van der Waals surface area contributed by atoms with Gasteiger partial charge >= 0.3 is 0 Å². The minimum atomic E-state index is -0.463. The number of hydrogen-bond acceptors (Lipinski definition) is 6. The summed E-state index contributed by atoms with van der Waals surface area (Å²) >= 11 is 9.19. The number of hydrogen-bond donors (Lipinski definition) is 2. The van der Waals surface area contributed by atoms with Crippen molar-refractivity contribution in [2.24, 2.45) is 10.2 Å². The number of halogens is 2. The van der Waals surface area contributed by atoms with Crippen molar-refractivity contribution in [2.45, 2.75) is 0 Å². The summed E-state index contributed by atoms with van der Waals surface area (Å²) in [5, 5.41) is 13.4. The molecule has 2 N–H and O–H groups in total. The molecule has 0 aromatic carbocycles. The van der Waals surface area contributed by atoms with Crippen LogP contribution in [0.1, 0.15) is 11.1 Å². The van der Waals surface area contributed by atoms with E-state index in [4.69, 9.17) is 11.6 Å². The summed E-state index contributed by atoms with van der Waals surface area (Å²) < 4.78 is 0.693. The second-order valence-electron chi connectivity index (χ2n) is 4.90. The number of pyridine rings is 2. The van der Waals surface area contributed by atoms with Crippen LogP contribution in [0.4, 0.5) is 11.6 Å². The summed E-state index contributed by atoms with van der Waals surface area (Å²) in [5.74, 6) is -0.162. The Bertz CT molecular complexity index is 908. The number of rotatable bonds is 1. The zero-order valence-corrected chi connectivity index (χ0v) is 14.0. The summed E-state index contributed by atoms with van der Waals surface area (Å²) in [6, 6.07) is 3.25. The van der Waals surface area contributed by atoms with Crippen molar-refractivity contribution in [3.05, 3.63) is 45.1 Å². The Hall–Kier alpha value is -2.65. The molecule has 24 heavy (non-hydrogen) atoms. The predicted molar refractivity (Wildman–Crippen MR) is 91.5 cm³/mol. The van der Waals surface area contributed by atoms with E-state index in [1.807, 2.05) is 0 Å². The highest BCUT2D eigenvalue weighted by molar-refractivity contribution is 9.10. The molecule has 0 saturated carbocycles. The van der Waals surface area contributed by atoms with Crippen LogP contribution in [-0.4, -0.2) is 33.2 Å². The Labute approximate surface area is 148 Å². The van der Waals surface area contributed by atoms with Gasteiger partial charge < -0.3 is 10.6 Å². The Kier molecular flexibility index (Phi) is 3.39. The van der Waals surface area contributed by atoms with Crippen molar-refractivity contribution >= 4 is 62.4 Å². The molecule has 10 heteroatoms. The first-order chi connectivity index (χ1) is 11.5. The third kappa shape index (κ3) is 2.38. The molecule has 0 radical (unpaired) electrons. The van der Waals surface area contributed by atoms with Crippen LogP contribution >= 0.6 is 27.5 Å². The van der Waals surface area contributed by atoms with Crippen LogP contribution in [-0.2, 0) is 9.59 Å². The maximum atomic E-state index is 12.0. The summed E-state index contributed by atoms with van der Waals surface area (Å²) in [5.41, 5.74) is 1.05. The minimum Gasteiger partial charge on any atom is -0.305 e. The van der Waals surface area contributed by atoms with Crippen molar-refractivity contribution in [1.82, 2.24) is 9.97 Å². The molecule has 0 bridgehead atoms. The number of carbonyl (C=O) groups excluding carboxylic acids is 2. The van der Waals surface area contributed by atoms with E-state index in [0.29, 0.717) is 32.3 Å². The second kappa shape index (κ2) is 5.46. The van der Waals surface area contributed by atoms with Gasteiger partial charge in [-0.05, 0) is 28.1 Å². The summed E-state index contributed by atoms with van der Waals surface area (Å²) in [4.78, 5) is 32.1. The number of carbonyl (C=O) groups is 2. The van der Waals surface area contributed by atoms with Crippen molar-refractivity contribution in [2.75, 3.05) is 10.6 Å². The van der Waals surface area contributed by atoms with E-state index in [9.17, 15) is 9.59 Å². The fraction of sp³-hybridized carbons (Fsp3) is 0. The molecule has 0 unspecified atom stereocenters. The maximum absolute atomic E-state index is 12.0. The molecule has 118 valence electrons. The Morgan fingerprint density at radius 2 is 1.46 bits per heavy atom. The average Bonchev–Trinajstić information content (AvgIpc) is 3.01. The Morgan fingerprint density at radius 3 is 2.08 bits per heavy atom. The number of nitrogens with one attached hydrogen (secondary N) is 2. The summed E-state index contributed by atoms with van der Waals surface area (Å²) in [6.07, 6.45) is 2.97. The summed E-state index contributed by atoms with van der Waals surface area (Å²) in [6.45, 7) is 0. The van der Waals surface area contributed by atoms with E-state index in [-0.39, 0.29) is 11.4 Å². The van der Waals surface area contributed by atoms with Crippen molar-refractivity contribution in [3.63, 3.8) is 0 Å². The largest absolute Gasteiger partial charge is 0.305 e. The van der Waals surface area contributed by atoms with Crippen LogP contribution in [0.3, 0.4) is 0 Å². The fourth-order valence-corrected chi connectivity index (χ4v) is 2.80. The molecule has 2 aliphatic heterocycles. The second-order valence-corrected chi connectivity index (χ2v) is 6.26. The van der Waals surface area contributed by atoms with E-state index in [2.05, 4.69) is 46.7 Å². The molecule has 2 aromatic heterocycles. The molecular weight excluding hydrogens is 400 g/mol. The monoisotopic (exact) mass is 404 g/mol. The van der Waals surface area contributed by atoms with E-state index < -0.39 is 11.8 Å². The van der Waals surface area contributed by atoms with Gasteiger partial charge in [0.15, 0.2) is 11.4 Å². The van der Waals surface area contributed by atoms with Crippen molar-refractivity contribution in [3.8, 4) is 0 Å². The summed E-state index contributed by atoms with van der Waals surface area (Å²) in [7, 11) is 0. The van der Waals surface area contributed by atoms with Gasteiger partial charge in [0.25, 0.3) is 11.8 Å².